The number of benzene rings is 1. The lowest BCUT2D eigenvalue weighted by Gasteiger charge is -2.43. The molecule has 1 aromatic carbocycles. The second-order valence-electron chi connectivity index (χ2n) is 10.1. The molecule has 1 amide bonds. The van der Waals surface area contributed by atoms with Crippen molar-refractivity contribution in [1.82, 2.24) is 34.4 Å². The Bertz CT molecular complexity index is 1400. The molecule has 2 atom stereocenters. The number of piperidine rings is 1. The predicted molar refractivity (Wildman–Crippen MR) is 128 cm³/mol. The Hall–Kier alpha value is -3.57. The first-order valence-corrected chi connectivity index (χ1v) is 11.8. The number of anilines is 1. The highest BCUT2D eigenvalue weighted by molar-refractivity contribution is 5.97. The van der Waals surface area contributed by atoms with E-state index in [2.05, 4.69) is 24.9 Å². The molecule has 2 fully saturated rings. The minimum absolute atomic E-state index is 0.0159. The van der Waals surface area contributed by atoms with Crippen LogP contribution < -0.4 is 5.73 Å². The van der Waals surface area contributed by atoms with Crippen LogP contribution in [0.15, 0.2) is 37.2 Å². The predicted octanol–water partition coefficient (Wildman–Crippen LogP) is 1.92. The molecule has 2 saturated heterocycles. The number of hydrogen-bond acceptors (Lipinski definition) is 8. The monoisotopic (exact) mass is 476 g/mol. The van der Waals surface area contributed by atoms with E-state index in [-0.39, 0.29) is 24.0 Å². The zero-order valence-electron chi connectivity index (χ0n) is 19.5. The first kappa shape index (κ1) is 21.9. The molecule has 182 valence electrons. The Labute approximate surface area is 201 Å². The molecule has 0 radical (unpaired) electrons. The Morgan fingerprint density at radius 3 is 2.86 bits per heavy atom. The smallest absolute Gasteiger partial charge is 0.253 e. The van der Waals surface area contributed by atoms with Crippen LogP contribution in [0.3, 0.4) is 0 Å². The van der Waals surface area contributed by atoms with Gasteiger partial charge in [0.25, 0.3) is 5.91 Å². The van der Waals surface area contributed by atoms with Crippen LogP contribution in [0.1, 0.15) is 42.6 Å². The van der Waals surface area contributed by atoms with Gasteiger partial charge in [-0.3, -0.25) is 4.79 Å². The SMILES string of the molecule is C[C@@]1(O)COCC2(CCN(C(=O)c3ccc4nc[nH]c4c3)CC2)C[C@H]1n1cnc2c(N)ncnc21. The van der Waals surface area contributed by atoms with Gasteiger partial charge >= 0.3 is 0 Å². The lowest BCUT2D eigenvalue weighted by molar-refractivity contribution is -0.0528. The van der Waals surface area contributed by atoms with Gasteiger partial charge in [0.2, 0.25) is 0 Å². The standard InChI is InChI=1S/C24H28N8O3/c1-23(34)10-35-11-24(9-18(23)32-14-30-19-20(25)28-13-29-21(19)32)4-6-31(7-5-24)22(33)15-2-3-16-17(8-15)27-12-26-16/h2-3,8,12-14,18,34H,4-7,9-11H2,1H3,(H,26,27)(H2,25,28,29)/t18-,23-/m1/s1. The van der Waals surface area contributed by atoms with E-state index >= 15 is 0 Å². The maximum atomic E-state index is 13.2. The number of likely N-dealkylation sites (tertiary alicyclic amines) is 1. The third kappa shape index (κ3) is 3.71. The molecule has 35 heavy (non-hydrogen) atoms. The first-order valence-electron chi connectivity index (χ1n) is 11.8. The number of carbonyl (C=O) groups is 1. The Kier molecular flexibility index (Phi) is 5.01. The quantitative estimate of drug-likeness (QED) is 0.397. The highest BCUT2D eigenvalue weighted by Crippen LogP contribution is 2.46. The van der Waals surface area contributed by atoms with Gasteiger partial charge in [-0.2, -0.15) is 0 Å². The Morgan fingerprint density at radius 2 is 2.03 bits per heavy atom. The molecule has 5 heterocycles. The molecule has 2 aliphatic rings. The van der Waals surface area contributed by atoms with Gasteiger partial charge in [-0.25, -0.2) is 19.9 Å². The molecule has 3 aromatic heterocycles. The van der Waals surface area contributed by atoms with Crippen molar-refractivity contribution < 1.29 is 14.6 Å². The van der Waals surface area contributed by atoms with Gasteiger partial charge in [-0.05, 0) is 49.8 Å². The topological polar surface area (TPSA) is 148 Å². The van der Waals surface area contributed by atoms with Crippen LogP contribution in [0.2, 0.25) is 0 Å². The van der Waals surface area contributed by atoms with Crippen molar-refractivity contribution in [3.63, 3.8) is 0 Å². The number of aromatic amines is 1. The molecule has 0 aliphatic carbocycles. The van der Waals surface area contributed by atoms with Gasteiger partial charge in [0, 0.05) is 18.7 Å². The van der Waals surface area contributed by atoms with E-state index in [1.807, 2.05) is 27.7 Å². The summed E-state index contributed by atoms with van der Waals surface area (Å²) < 4.78 is 7.93. The summed E-state index contributed by atoms with van der Waals surface area (Å²) in [6, 6.07) is 5.24. The average Bonchev–Trinajstić information content (AvgIpc) is 3.47. The zero-order valence-corrected chi connectivity index (χ0v) is 19.5. The summed E-state index contributed by atoms with van der Waals surface area (Å²) in [5.41, 5.74) is 8.16. The highest BCUT2D eigenvalue weighted by atomic mass is 16.5. The summed E-state index contributed by atoms with van der Waals surface area (Å²) in [6.45, 7) is 3.77. The number of nitrogens with one attached hydrogen (secondary N) is 1. The molecule has 1 spiro atoms. The van der Waals surface area contributed by atoms with Crippen LogP contribution in [0.4, 0.5) is 5.82 Å². The lowest BCUT2D eigenvalue weighted by Crippen LogP contribution is -2.46. The normalized spacial score (nSPS) is 24.7. The summed E-state index contributed by atoms with van der Waals surface area (Å²) in [5.74, 6) is 0.329. The molecular weight excluding hydrogens is 448 g/mol. The summed E-state index contributed by atoms with van der Waals surface area (Å²) in [7, 11) is 0. The lowest BCUT2D eigenvalue weighted by atomic mass is 9.72. The molecule has 0 saturated carbocycles. The first-order chi connectivity index (χ1) is 16.9. The van der Waals surface area contributed by atoms with E-state index in [0.29, 0.717) is 48.7 Å². The van der Waals surface area contributed by atoms with E-state index in [1.165, 1.54) is 6.33 Å². The Balaban J connectivity index is 1.24. The number of hydrogen-bond donors (Lipinski definition) is 3. The van der Waals surface area contributed by atoms with E-state index in [1.54, 1.807) is 19.6 Å². The highest BCUT2D eigenvalue weighted by Gasteiger charge is 2.47. The maximum Gasteiger partial charge on any atom is 0.253 e. The maximum absolute atomic E-state index is 13.2. The number of H-pyrrole nitrogens is 1. The number of aromatic nitrogens is 6. The number of fused-ring (bicyclic) bond motifs is 2. The number of imidazole rings is 2. The van der Waals surface area contributed by atoms with E-state index in [0.717, 1.165) is 23.9 Å². The van der Waals surface area contributed by atoms with Crippen LogP contribution in [-0.4, -0.2) is 77.3 Å². The summed E-state index contributed by atoms with van der Waals surface area (Å²) >= 11 is 0. The number of nitrogen functional groups attached to an aromatic ring is 1. The molecular formula is C24H28N8O3. The van der Waals surface area contributed by atoms with Gasteiger partial charge in [0.1, 0.15) is 17.4 Å². The molecule has 4 N–H and O–H groups in total. The fraction of sp³-hybridized carbons (Fsp3) is 0.458. The number of nitrogens with two attached hydrogens (primary N) is 1. The fourth-order valence-electron chi connectivity index (χ4n) is 5.54. The van der Waals surface area contributed by atoms with Crippen molar-refractivity contribution in [2.45, 2.75) is 37.8 Å². The minimum atomic E-state index is -1.12. The van der Waals surface area contributed by atoms with Crippen molar-refractivity contribution in [2.24, 2.45) is 5.41 Å². The van der Waals surface area contributed by atoms with Crippen LogP contribution in [0.5, 0.6) is 0 Å². The Morgan fingerprint density at radius 1 is 1.20 bits per heavy atom. The van der Waals surface area contributed by atoms with Gasteiger partial charge < -0.3 is 30.0 Å². The fourth-order valence-corrected chi connectivity index (χ4v) is 5.54. The third-order valence-electron chi connectivity index (χ3n) is 7.65. The number of aliphatic hydroxyl groups is 1. The second-order valence-corrected chi connectivity index (χ2v) is 10.1. The van der Waals surface area contributed by atoms with Gasteiger partial charge in [-0.15, -0.1) is 0 Å². The van der Waals surface area contributed by atoms with E-state index in [9.17, 15) is 9.90 Å². The zero-order chi connectivity index (χ0) is 24.2. The van der Waals surface area contributed by atoms with Crippen molar-refractivity contribution in [3.8, 4) is 0 Å². The third-order valence-corrected chi connectivity index (χ3v) is 7.65. The van der Waals surface area contributed by atoms with E-state index in [4.69, 9.17) is 10.5 Å². The number of amides is 1. The second kappa shape index (κ2) is 7.99. The molecule has 0 unspecified atom stereocenters. The van der Waals surface area contributed by atoms with Crippen LogP contribution in [-0.2, 0) is 4.74 Å². The number of ether oxygens (including phenoxy) is 1. The number of rotatable bonds is 2. The molecule has 11 heteroatoms. The van der Waals surface area contributed by atoms with Crippen molar-refractivity contribution >= 4 is 33.9 Å². The van der Waals surface area contributed by atoms with Gasteiger partial charge in [0.15, 0.2) is 11.5 Å². The van der Waals surface area contributed by atoms with Crippen LogP contribution >= 0.6 is 0 Å². The largest absolute Gasteiger partial charge is 0.386 e. The molecule has 2 aliphatic heterocycles. The van der Waals surface area contributed by atoms with E-state index < -0.39 is 5.60 Å². The van der Waals surface area contributed by atoms with Gasteiger partial charge in [0.05, 0.1) is 42.9 Å². The van der Waals surface area contributed by atoms with Crippen molar-refractivity contribution in [2.75, 3.05) is 32.0 Å². The molecule has 6 rings (SSSR count). The minimum Gasteiger partial charge on any atom is -0.386 e. The molecule has 4 aromatic rings. The average molecular weight is 477 g/mol. The van der Waals surface area contributed by atoms with Crippen LogP contribution in [0, 0.1) is 5.41 Å². The number of carbonyl (C=O) groups excluding carboxylic acids is 1. The van der Waals surface area contributed by atoms with Crippen LogP contribution in [0.25, 0.3) is 22.2 Å². The molecule has 0 bridgehead atoms. The summed E-state index contributed by atoms with van der Waals surface area (Å²) in [5, 5.41) is 11.4. The number of nitrogens with zero attached hydrogens (tertiary/aromatic N) is 6. The van der Waals surface area contributed by atoms with Crippen molar-refractivity contribution in [1.29, 1.82) is 0 Å². The summed E-state index contributed by atoms with van der Waals surface area (Å²) in [4.78, 5) is 35.2. The van der Waals surface area contributed by atoms with Gasteiger partial charge in [-0.1, -0.05) is 0 Å². The summed E-state index contributed by atoms with van der Waals surface area (Å²) in [6.07, 6.45) is 6.96. The molecule has 11 nitrogen and oxygen atoms in total. The van der Waals surface area contributed by atoms with Crippen molar-refractivity contribution in [3.05, 3.63) is 42.7 Å².